The number of ether oxygens (including phenoxy) is 1. The third-order valence-electron chi connectivity index (χ3n) is 4.76. The van der Waals surface area contributed by atoms with E-state index in [0.717, 1.165) is 23.3 Å². The number of rotatable bonds is 9. The van der Waals surface area contributed by atoms with Crippen LogP contribution in [-0.4, -0.2) is 19.1 Å². The zero-order chi connectivity index (χ0) is 18.9. The van der Waals surface area contributed by atoms with Gasteiger partial charge in [0.2, 0.25) is 5.91 Å². The van der Waals surface area contributed by atoms with Gasteiger partial charge >= 0.3 is 0 Å². The van der Waals surface area contributed by atoms with Gasteiger partial charge in [0.15, 0.2) is 0 Å². The lowest BCUT2D eigenvalue weighted by molar-refractivity contribution is -0.122. The predicted octanol–water partition coefficient (Wildman–Crippen LogP) is 4.03. The molecule has 0 saturated carbocycles. The third-order valence-corrected chi connectivity index (χ3v) is 4.76. The summed E-state index contributed by atoms with van der Waals surface area (Å²) in [6, 6.07) is 17.4. The summed E-state index contributed by atoms with van der Waals surface area (Å²) >= 11 is 0. The van der Waals surface area contributed by atoms with Gasteiger partial charge in [0.05, 0.1) is 18.6 Å². The molecule has 0 aromatic heterocycles. The highest BCUT2D eigenvalue weighted by atomic mass is 16.5. The molecular weight excluding hydrogens is 324 g/mol. The van der Waals surface area contributed by atoms with E-state index < -0.39 is 0 Å². The summed E-state index contributed by atoms with van der Waals surface area (Å²) in [5, 5.41) is 3.06. The molecular formula is C22H30N2O2. The van der Waals surface area contributed by atoms with Crippen molar-refractivity contribution >= 4 is 5.91 Å². The summed E-state index contributed by atoms with van der Waals surface area (Å²) in [7, 11) is 0. The van der Waals surface area contributed by atoms with Crippen LogP contribution in [0.4, 0.5) is 0 Å². The molecule has 0 saturated heterocycles. The van der Waals surface area contributed by atoms with Crippen molar-refractivity contribution in [3.8, 4) is 5.75 Å². The fourth-order valence-corrected chi connectivity index (χ4v) is 2.62. The Morgan fingerprint density at radius 2 is 1.69 bits per heavy atom. The molecule has 3 atom stereocenters. The number of amides is 1. The highest BCUT2D eigenvalue weighted by Crippen LogP contribution is 2.20. The van der Waals surface area contributed by atoms with Gasteiger partial charge in [-0.25, -0.2) is 0 Å². The van der Waals surface area contributed by atoms with Crippen LogP contribution in [0.2, 0.25) is 0 Å². The SMILES string of the molecule is CCC(C)COc1ccc([C@H](CN)NC(=O)[C@@H](C)c2ccccc2)cc1. The molecule has 2 aromatic rings. The fourth-order valence-electron chi connectivity index (χ4n) is 2.62. The Morgan fingerprint density at radius 3 is 2.27 bits per heavy atom. The van der Waals surface area contributed by atoms with Crippen LogP contribution in [0.25, 0.3) is 0 Å². The first-order chi connectivity index (χ1) is 12.5. The highest BCUT2D eigenvalue weighted by molar-refractivity contribution is 5.83. The van der Waals surface area contributed by atoms with Crippen LogP contribution >= 0.6 is 0 Å². The summed E-state index contributed by atoms with van der Waals surface area (Å²) in [5.41, 5.74) is 7.88. The van der Waals surface area contributed by atoms with Crippen molar-refractivity contribution in [2.45, 2.75) is 39.2 Å². The van der Waals surface area contributed by atoms with Gasteiger partial charge in [0, 0.05) is 6.54 Å². The van der Waals surface area contributed by atoms with E-state index in [0.29, 0.717) is 19.1 Å². The van der Waals surface area contributed by atoms with Crippen molar-refractivity contribution in [1.82, 2.24) is 5.32 Å². The molecule has 0 aliphatic rings. The summed E-state index contributed by atoms with van der Waals surface area (Å²) in [4.78, 5) is 12.6. The van der Waals surface area contributed by atoms with Crippen LogP contribution in [0.15, 0.2) is 54.6 Å². The van der Waals surface area contributed by atoms with Gasteiger partial charge in [0.1, 0.15) is 5.75 Å². The number of carbonyl (C=O) groups excluding carboxylic acids is 1. The monoisotopic (exact) mass is 354 g/mol. The number of nitrogens with one attached hydrogen (secondary N) is 1. The van der Waals surface area contributed by atoms with Crippen LogP contribution in [0.3, 0.4) is 0 Å². The van der Waals surface area contributed by atoms with Crippen LogP contribution in [0.5, 0.6) is 5.75 Å². The summed E-state index contributed by atoms with van der Waals surface area (Å²) in [6.45, 7) is 7.29. The quantitative estimate of drug-likeness (QED) is 0.714. The second-order valence-corrected chi connectivity index (χ2v) is 6.82. The highest BCUT2D eigenvalue weighted by Gasteiger charge is 2.19. The van der Waals surface area contributed by atoms with E-state index in [1.807, 2.05) is 61.5 Å². The first-order valence-electron chi connectivity index (χ1n) is 9.33. The molecule has 0 radical (unpaired) electrons. The maximum atomic E-state index is 12.6. The molecule has 2 rings (SSSR count). The molecule has 1 amide bonds. The Bertz CT molecular complexity index is 670. The van der Waals surface area contributed by atoms with Gasteiger partial charge in [-0.15, -0.1) is 0 Å². The number of benzene rings is 2. The molecule has 2 aromatic carbocycles. The molecule has 4 nitrogen and oxygen atoms in total. The normalized spacial score (nSPS) is 14.3. The topological polar surface area (TPSA) is 64.3 Å². The molecule has 0 bridgehead atoms. The molecule has 0 fully saturated rings. The van der Waals surface area contributed by atoms with Gasteiger partial charge in [0.25, 0.3) is 0 Å². The first kappa shape index (κ1) is 20.0. The number of nitrogens with two attached hydrogens (primary N) is 1. The Labute approximate surface area is 156 Å². The van der Waals surface area contributed by atoms with E-state index in [9.17, 15) is 4.79 Å². The summed E-state index contributed by atoms with van der Waals surface area (Å²) < 4.78 is 5.79. The molecule has 4 heteroatoms. The largest absolute Gasteiger partial charge is 0.493 e. The Kier molecular flexibility index (Phi) is 7.67. The Morgan fingerprint density at radius 1 is 1.04 bits per heavy atom. The lowest BCUT2D eigenvalue weighted by Gasteiger charge is -2.21. The van der Waals surface area contributed by atoms with Crippen molar-refractivity contribution in [3.05, 3.63) is 65.7 Å². The Balaban J connectivity index is 1.98. The number of hydrogen-bond acceptors (Lipinski definition) is 3. The van der Waals surface area contributed by atoms with Crippen LogP contribution in [0, 0.1) is 5.92 Å². The predicted molar refractivity (Wildman–Crippen MR) is 106 cm³/mol. The third kappa shape index (κ3) is 5.60. The fraction of sp³-hybridized carbons (Fsp3) is 0.409. The van der Waals surface area contributed by atoms with Crippen molar-refractivity contribution in [3.63, 3.8) is 0 Å². The van der Waals surface area contributed by atoms with Crippen molar-refractivity contribution in [2.24, 2.45) is 11.7 Å². The molecule has 0 aliphatic heterocycles. The molecule has 140 valence electrons. The van der Waals surface area contributed by atoms with Crippen LogP contribution in [0.1, 0.15) is 50.3 Å². The zero-order valence-electron chi connectivity index (χ0n) is 15.9. The molecule has 1 unspecified atom stereocenters. The van der Waals surface area contributed by atoms with E-state index >= 15 is 0 Å². The standard InChI is InChI=1S/C22H30N2O2/c1-4-16(2)15-26-20-12-10-19(11-13-20)21(14-23)24-22(25)17(3)18-8-6-5-7-9-18/h5-13,16-17,21H,4,14-15,23H2,1-3H3,(H,24,25)/t16?,17-,21-/m0/s1. The van der Waals surface area contributed by atoms with Gasteiger partial charge in [-0.05, 0) is 36.1 Å². The minimum Gasteiger partial charge on any atom is -0.493 e. The average molecular weight is 354 g/mol. The van der Waals surface area contributed by atoms with Crippen molar-refractivity contribution in [1.29, 1.82) is 0 Å². The van der Waals surface area contributed by atoms with E-state index in [1.54, 1.807) is 0 Å². The minimum atomic E-state index is -0.219. The average Bonchev–Trinajstić information content (AvgIpc) is 2.70. The first-order valence-corrected chi connectivity index (χ1v) is 9.33. The van der Waals surface area contributed by atoms with Crippen molar-refractivity contribution in [2.75, 3.05) is 13.2 Å². The van der Waals surface area contributed by atoms with E-state index in [2.05, 4.69) is 19.2 Å². The maximum absolute atomic E-state index is 12.6. The van der Waals surface area contributed by atoms with Gasteiger partial charge in [-0.2, -0.15) is 0 Å². The second-order valence-electron chi connectivity index (χ2n) is 6.82. The lowest BCUT2D eigenvalue weighted by Crippen LogP contribution is -2.35. The van der Waals surface area contributed by atoms with E-state index in [1.165, 1.54) is 0 Å². The zero-order valence-corrected chi connectivity index (χ0v) is 15.9. The molecule has 26 heavy (non-hydrogen) atoms. The number of carbonyl (C=O) groups is 1. The van der Waals surface area contributed by atoms with Gasteiger partial charge < -0.3 is 15.8 Å². The summed E-state index contributed by atoms with van der Waals surface area (Å²) in [5.74, 6) is 1.13. The van der Waals surface area contributed by atoms with Gasteiger partial charge in [-0.3, -0.25) is 4.79 Å². The molecule has 3 N–H and O–H groups in total. The van der Waals surface area contributed by atoms with Crippen molar-refractivity contribution < 1.29 is 9.53 Å². The maximum Gasteiger partial charge on any atom is 0.227 e. The Hall–Kier alpha value is -2.33. The summed E-state index contributed by atoms with van der Waals surface area (Å²) in [6.07, 6.45) is 1.10. The van der Waals surface area contributed by atoms with Crippen LogP contribution in [-0.2, 0) is 4.79 Å². The minimum absolute atomic E-state index is 0.0243. The molecule has 0 spiro atoms. The molecule has 0 aliphatic carbocycles. The second kappa shape index (κ2) is 9.97. The van der Waals surface area contributed by atoms with Crippen LogP contribution < -0.4 is 15.8 Å². The molecule has 0 heterocycles. The van der Waals surface area contributed by atoms with E-state index in [-0.39, 0.29) is 17.9 Å². The lowest BCUT2D eigenvalue weighted by atomic mass is 9.99. The van der Waals surface area contributed by atoms with E-state index in [4.69, 9.17) is 10.5 Å². The smallest absolute Gasteiger partial charge is 0.227 e. The number of hydrogen-bond donors (Lipinski definition) is 2. The van der Waals surface area contributed by atoms with Gasteiger partial charge in [-0.1, -0.05) is 62.7 Å².